The average molecular weight is 367 g/mol. The van der Waals surface area contributed by atoms with Crippen molar-refractivity contribution in [3.8, 4) is 11.5 Å². The lowest BCUT2D eigenvalue weighted by atomic mass is 9.82. The Morgan fingerprint density at radius 1 is 1.26 bits per heavy atom. The minimum atomic E-state index is 0.604. The van der Waals surface area contributed by atoms with Crippen molar-refractivity contribution in [3.63, 3.8) is 0 Å². The first-order valence-electron chi connectivity index (χ1n) is 10.1. The van der Waals surface area contributed by atoms with Crippen LogP contribution in [0.4, 0.5) is 5.69 Å². The van der Waals surface area contributed by atoms with Gasteiger partial charge in [-0.15, -0.1) is 0 Å². The number of benzene rings is 2. The summed E-state index contributed by atoms with van der Waals surface area (Å²) in [5.41, 5.74) is 5.41. The summed E-state index contributed by atoms with van der Waals surface area (Å²) in [5.74, 6) is 2.64. The van der Waals surface area contributed by atoms with Crippen molar-refractivity contribution in [2.45, 2.75) is 31.6 Å². The third kappa shape index (κ3) is 4.06. The van der Waals surface area contributed by atoms with Gasteiger partial charge in [0.2, 0.25) is 0 Å². The standard InChI is InChI=1S/C23H30N2O2/c1-25(13-11-17-9-10-23-21(15-17)24-12-14-27-23)16-18-5-3-7-20-19(18)6-4-8-22(20)26-2/h4,6,8-10,15,18,24H,3,5,7,11-14,16H2,1-2H3. The van der Waals surface area contributed by atoms with Crippen LogP contribution in [0.3, 0.4) is 0 Å². The monoisotopic (exact) mass is 366 g/mol. The Balaban J connectivity index is 1.37. The molecule has 2 aromatic rings. The molecule has 0 aromatic heterocycles. The molecule has 0 bridgehead atoms. The van der Waals surface area contributed by atoms with Gasteiger partial charge in [-0.25, -0.2) is 0 Å². The molecule has 144 valence electrons. The molecule has 4 rings (SSSR count). The van der Waals surface area contributed by atoms with Crippen LogP contribution in [0.15, 0.2) is 36.4 Å². The number of likely N-dealkylation sites (N-methyl/N-ethyl adjacent to an activating group) is 1. The van der Waals surface area contributed by atoms with Crippen LogP contribution in [0.2, 0.25) is 0 Å². The Labute approximate surface area is 162 Å². The summed E-state index contributed by atoms with van der Waals surface area (Å²) in [5, 5.41) is 3.43. The van der Waals surface area contributed by atoms with Gasteiger partial charge in [0.1, 0.15) is 18.1 Å². The number of nitrogens with one attached hydrogen (secondary N) is 1. The number of hydrogen-bond donors (Lipinski definition) is 1. The van der Waals surface area contributed by atoms with E-state index in [2.05, 4.69) is 53.7 Å². The maximum absolute atomic E-state index is 5.67. The number of methoxy groups -OCH3 is 1. The molecule has 1 aliphatic heterocycles. The molecular formula is C23H30N2O2. The predicted molar refractivity (Wildman–Crippen MR) is 110 cm³/mol. The van der Waals surface area contributed by atoms with Gasteiger partial charge in [-0.2, -0.15) is 0 Å². The highest BCUT2D eigenvalue weighted by molar-refractivity contribution is 5.59. The minimum absolute atomic E-state index is 0.604. The summed E-state index contributed by atoms with van der Waals surface area (Å²) in [7, 11) is 4.03. The number of hydrogen-bond acceptors (Lipinski definition) is 4. The number of anilines is 1. The second kappa shape index (κ2) is 8.22. The van der Waals surface area contributed by atoms with E-state index in [4.69, 9.17) is 9.47 Å². The highest BCUT2D eigenvalue weighted by Crippen LogP contribution is 2.37. The summed E-state index contributed by atoms with van der Waals surface area (Å²) in [6.45, 7) is 3.81. The molecule has 1 atom stereocenters. The van der Waals surface area contributed by atoms with Gasteiger partial charge in [-0.05, 0) is 73.5 Å². The maximum atomic E-state index is 5.67. The fraction of sp³-hybridized carbons (Fsp3) is 0.478. The van der Waals surface area contributed by atoms with Crippen molar-refractivity contribution in [1.29, 1.82) is 0 Å². The molecular weight excluding hydrogens is 336 g/mol. The Morgan fingerprint density at radius 2 is 2.19 bits per heavy atom. The molecule has 0 amide bonds. The van der Waals surface area contributed by atoms with Gasteiger partial charge >= 0.3 is 0 Å². The van der Waals surface area contributed by atoms with E-state index in [1.54, 1.807) is 7.11 Å². The Hall–Kier alpha value is -2.20. The second-order valence-electron chi connectivity index (χ2n) is 7.74. The van der Waals surface area contributed by atoms with Gasteiger partial charge in [0, 0.05) is 19.6 Å². The van der Waals surface area contributed by atoms with Crippen LogP contribution in [0.5, 0.6) is 11.5 Å². The van der Waals surface area contributed by atoms with Crippen LogP contribution in [-0.2, 0) is 12.8 Å². The average Bonchev–Trinajstić information content (AvgIpc) is 2.72. The SMILES string of the molecule is COc1cccc2c1CCCC2CN(C)CCc1ccc2c(c1)NCCO2. The molecule has 1 heterocycles. The van der Waals surface area contributed by atoms with E-state index in [0.717, 1.165) is 56.3 Å². The van der Waals surface area contributed by atoms with Crippen LogP contribution in [-0.4, -0.2) is 45.3 Å². The van der Waals surface area contributed by atoms with Gasteiger partial charge in [0.25, 0.3) is 0 Å². The molecule has 2 aromatic carbocycles. The van der Waals surface area contributed by atoms with Crippen molar-refractivity contribution in [2.24, 2.45) is 0 Å². The zero-order valence-corrected chi connectivity index (χ0v) is 16.5. The topological polar surface area (TPSA) is 33.7 Å². The number of ether oxygens (including phenoxy) is 2. The van der Waals surface area contributed by atoms with Crippen molar-refractivity contribution in [2.75, 3.05) is 45.7 Å². The smallest absolute Gasteiger partial charge is 0.142 e. The zero-order chi connectivity index (χ0) is 18.6. The molecule has 1 N–H and O–H groups in total. The molecule has 0 radical (unpaired) electrons. The number of rotatable bonds is 6. The van der Waals surface area contributed by atoms with Crippen LogP contribution in [0, 0.1) is 0 Å². The maximum Gasteiger partial charge on any atom is 0.142 e. The van der Waals surface area contributed by atoms with Gasteiger partial charge < -0.3 is 19.7 Å². The highest BCUT2D eigenvalue weighted by Gasteiger charge is 2.23. The molecule has 2 aliphatic rings. The van der Waals surface area contributed by atoms with Crippen molar-refractivity contribution in [3.05, 3.63) is 53.1 Å². The van der Waals surface area contributed by atoms with E-state index in [1.165, 1.54) is 29.5 Å². The van der Waals surface area contributed by atoms with E-state index in [-0.39, 0.29) is 0 Å². The Kier molecular flexibility index (Phi) is 5.53. The lowest BCUT2D eigenvalue weighted by molar-refractivity contribution is 0.299. The van der Waals surface area contributed by atoms with E-state index >= 15 is 0 Å². The summed E-state index contributed by atoms with van der Waals surface area (Å²) in [6, 6.07) is 13.1. The molecule has 0 fully saturated rings. The molecule has 0 saturated carbocycles. The molecule has 1 unspecified atom stereocenters. The highest BCUT2D eigenvalue weighted by atomic mass is 16.5. The van der Waals surface area contributed by atoms with Gasteiger partial charge in [0.15, 0.2) is 0 Å². The molecule has 27 heavy (non-hydrogen) atoms. The van der Waals surface area contributed by atoms with Crippen LogP contribution in [0.1, 0.15) is 35.4 Å². The van der Waals surface area contributed by atoms with Crippen LogP contribution < -0.4 is 14.8 Å². The summed E-state index contributed by atoms with van der Waals surface area (Å²) in [4.78, 5) is 2.47. The normalized spacial score (nSPS) is 18.3. The third-order valence-corrected chi connectivity index (χ3v) is 5.84. The first-order valence-corrected chi connectivity index (χ1v) is 10.1. The predicted octanol–water partition coefficient (Wildman–Crippen LogP) is 4.09. The van der Waals surface area contributed by atoms with E-state index in [9.17, 15) is 0 Å². The molecule has 0 spiro atoms. The third-order valence-electron chi connectivity index (χ3n) is 5.84. The first kappa shape index (κ1) is 18.2. The molecule has 4 heteroatoms. The quantitative estimate of drug-likeness (QED) is 0.835. The van der Waals surface area contributed by atoms with E-state index in [1.807, 2.05) is 0 Å². The Morgan fingerprint density at radius 3 is 3.07 bits per heavy atom. The van der Waals surface area contributed by atoms with Crippen molar-refractivity contribution < 1.29 is 9.47 Å². The number of fused-ring (bicyclic) bond motifs is 2. The summed E-state index contributed by atoms with van der Waals surface area (Å²) in [6.07, 6.45) is 4.72. The van der Waals surface area contributed by atoms with Crippen LogP contribution >= 0.6 is 0 Å². The molecule has 0 saturated heterocycles. The Bertz CT molecular complexity index is 790. The largest absolute Gasteiger partial charge is 0.496 e. The lowest BCUT2D eigenvalue weighted by Gasteiger charge is -2.30. The van der Waals surface area contributed by atoms with Gasteiger partial charge in [0.05, 0.1) is 12.8 Å². The first-order chi connectivity index (χ1) is 13.2. The zero-order valence-electron chi connectivity index (χ0n) is 16.5. The summed E-state index contributed by atoms with van der Waals surface area (Å²) < 4.78 is 11.3. The lowest BCUT2D eigenvalue weighted by Crippen LogP contribution is -2.28. The summed E-state index contributed by atoms with van der Waals surface area (Å²) >= 11 is 0. The van der Waals surface area contributed by atoms with Crippen LogP contribution in [0.25, 0.3) is 0 Å². The minimum Gasteiger partial charge on any atom is -0.496 e. The fourth-order valence-electron chi connectivity index (χ4n) is 4.43. The molecule has 4 nitrogen and oxygen atoms in total. The second-order valence-corrected chi connectivity index (χ2v) is 7.74. The van der Waals surface area contributed by atoms with E-state index < -0.39 is 0 Å². The van der Waals surface area contributed by atoms with E-state index in [0.29, 0.717) is 5.92 Å². The van der Waals surface area contributed by atoms with Crippen molar-refractivity contribution >= 4 is 5.69 Å². The van der Waals surface area contributed by atoms with Gasteiger partial charge in [-0.1, -0.05) is 18.2 Å². The fourth-order valence-corrected chi connectivity index (χ4v) is 4.43. The number of nitrogens with zero attached hydrogens (tertiary/aromatic N) is 1. The van der Waals surface area contributed by atoms with Crippen molar-refractivity contribution in [1.82, 2.24) is 4.90 Å². The molecule has 1 aliphatic carbocycles. The van der Waals surface area contributed by atoms with Gasteiger partial charge in [-0.3, -0.25) is 0 Å².